The third-order valence-corrected chi connectivity index (χ3v) is 6.20. The van der Waals surface area contributed by atoms with Gasteiger partial charge >= 0.3 is 0 Å². The van der Waals surface area contributed by atoms with Crippen LogP contribution in [0.2, 0.25) is 0 Å². The average molecular weight is 450 g/mol. The molecule has 3 heterocycles. The van der Waals surface area contributed by atoms with E-state index in [1.54, 1.807) is 11.8 Å². The van der Waals surface area contributed by atoms with E-state index in [0.29, 0.717) is 18.3 Å². The molecule has 1 aliphatic rings. The van der Waals surface area contributed by atoms with Gasteiger partial charge in [0, 0.05) is 11.5 Å². The number of hydrogen-bond acceptors (Lipinski definition) is 8. The second-order valence-corrected chi connectivity index (χ2v) is 9.16. The van der Waals surface area contributed by atoms with E-state index in [2.05, 4.69) is 24.9 Å². The molecule has 0 amide bonds. The van der Waals surface area contributed by atoms with Crippen molar-refractivity contribution in [3.05, 3.63) is 65.8 Å². The smallest absolute Gasteiger partial charge is 0.239 e. The molecule has 1 aliphatic heterocycles. The Labute approximate surface area is 190 Å². The second-order valence-electron chi connectivity index (χ2n) is 7.85. The van der Waals surface area contributed by atoms with Gasteiger partial charge in [-0.05, 0) is 24.6 Å². The number of thioether (sulfide) groups is 1. The Kier molecular flexibility index (Phi) is 5.57. The van der Waals surface area contributed by atoms with Crippen LogP contribution < -0.4 is 9.47 Å². The maximum atomic E-state index is 5.55. The minimum atomic E-state index is -0.0710. The molecule has 0 bridgehead atoms. The number of nitrogens with zero attached hydrogens (tertiary/aromatic N) is 5. The molecule has 32 heavy (non-hydrogen) atoms. The molecule has 0 N–H and O–H groups in total. The summed E-state index contributed by atoms with van der Waals surface area (Å²) in [6.07, 6.45) is 0. The third kappa shape index (κ3) is 4.08. The fraction of sp³-hybridized carbons (Fsp3) is 0.304. The maximum absolute atomic E-state index is 5.55. The fourth-order valence-corrected chi connectivity index (χ4v) is 4.28. The predicted octanol–water partition coefficient (Wildman–Crippen LogP) is 5.08. The minimum Gasteiger partial charge on any atom is -0.454 e. The highest BCUT2D eigenvalue weighted by Gasteiger charge is 2.23. The van der Waals surface area contributed by atoms with Gasteiger partial charge in [0.15, 0.2) is 28.3 Å². The van der Waals surface area contributed by atoms with Gasteiger partial charge in [-0.1, -0.05) is 67.2 Å². The van der Waals surface area contributed by atoms with Crippen LogP contribution in [0.4, 0.5) is 0 Å². The van der Waals surface area contributed by atoms with Crippen molar-refractivity contribution in [3.63, 3.8) is 0 Å². The zero-order chi connectivity index (χ0) is 22.1. The first-order chi connectivity index (χ1) is 15.6. The topological polar surface area (TPSA) is 88.1 Å². The Morgan fingerprint density at radius 1 is 1.00 bits per heavy atom. The van der Waals surface area contributed by atoms with Crippen LogP contribution in [0.25, 0.3) is 11.4 Å². The summed E-state index contributed by atoms with van der Waals surface area (Å²) < 4.78 is 18.6. The lowest BCUT2D eigenvalue weighted by Gasteiger charge is -2.12. The summed E-state index contributed by atoms with van der Waals surface area (Å²) in [4.78, 5) is 4.54. The van der Waals surface area contributed by atoms with Crippen LogP contribution in [-0.4, -0.2) is 31.7 Å². The van der Waals surface area contributed by atoms with Crippen molar-refractivity contribution in [2.24, 2.45) is 0 Å². The zero-order valence-electron chi connectivity index (χ0n) is 18.1. The maximum Gasteiger partial charge on any atom is 0.239 e. The van der Waals surface area contributed by atoms with Crippen molar-refractivity contribution in [2.45, 2.75) is 43.6 Å². The molecule has 0 saturated carbocycles. The molecule has 0 unspecified atom stereocenters. The largest absolute Gasteiger partial charge is 0.454 e. The third-order valence-electron chi connectivity index (χ3n) is 5.13. The van der Waals surface area contributed by atoms with Crippen LogP contribution in [0.1, 0.15) is 49.2 Å². The number of hydrogen-bond donors (Lipinski definition) is 0. The molecular weight excluding hydrogens is 426 g/mol. The van der Waals surface area contributed by atoms with Crippen LogP contribution in [0, 0.1) is 0 Å². The van der Waals surface area contributed by atoms with E-state index < -0.39 is 0 Å². The average Bonchev–Trinajstić information content (AvgIpc) is 3.54. The first-order valence-electron chi connectivity index (χ1n) is 10.5. The monoisotopic (exact) mass is 449 g/mol. The van der Waals surface area contributed by atoms with Gasteiger partial charge in [0.2, 0.25) is 12.7 Å². The Balaban J connectivity index is 1.47. The SMILES string of the molecule is CC(C)c1noc([C@H](C)Sc2nnc(-c3ccccc3)n2Cc2ccc3c(c2)OCO3)n1. The number of ether oxygens (including phenoxy) is 2. The Bertz CT molecular complexity index is 1220. The zero-order valence-corrected chi connectivity index (χ0v) is 18.9. The lowest BCUT2D eigenvalue weighted by molar-refractivity contribution is 0.174. The van der Waals surface area contributed by atoms with Gasteiger partial charge < -0.3 is 14.0 Å². The molecule has 9 heteroatoms. The number of fused-ring (bicyclic) bond motifs is 1. The van der Waals surface area contributed by atoms with Crippen molar-refractivity contribution >= 4 is 11.8 Å². The molecule has 2 aromatic carbocycles. The highest BCUT2D eigenvalue weighted by Crippen LogP contribution is 2.37. The van der Waals surface area contributed by atoms with Crippen molar-refractivity contribution in [1.29, 1.82) is 0 Å². The molecule has 0 aliphatic carbocycles. The number of benzene rings is 2. The normalized spacial score (nSPS) is 13.6. The van der Waals surface area contributed by atoms with Crippen molar-refractivity contribution in [3.8, 4) is 22.9 Å². The molecule has 4 aromatic rings. The summed E-state index contributed by atoms with van der Waals surface area (Å²) in [5, 5.41) is 13.8. The molecule has 8 nitrogen and oxygen atoms in total. The van der Waals surface area contributed by atoms with Crippen LogP contribution in [-0.2, 0) is 6.54 Å². The van der Waals surface area contributed by atoms with Gasteiger partial charge in [-0.2, -0.15) is 4.98 Å². The van der Waals surface area contributed by atoms with E-state index in [1.165, 1.54) is 0 Å². The van der Waals surface area contributed by atoms with Gasteiger partial charge in [-0.25, -0.2) is 0 Å². The molecule has 0 saturated heterocycles. The Morgan fingerprint density at radius 3 is 2.59 bits per heavy atom. The van der Waals surface area contributed by atoms with Crippen LogP contribution in [0.3, 0.4) is 0 Å². The summed E-state index contributed by atoms with van der Waals surface area (Å²) in [6.45, 7) is 6.96. The Hall–Kier alpha value is -3.33. The van der Waals surface area contributed by atoms with Gasteiger partial charge in [0.05, 0.1) is 11.8 Å². The molecule has 164 valence electrons. The van der Waals surface area contributed by atoms with E-state index >= 15 is 0 Å². The van der Waals surface area contributed by atoms with Crippen molar-refractivity contribution in [1.82, 2.24) is 24.9 Å². The van der Waals surface area contributed by atoms with E-state index in [0.717, 1.165) is 33.6 Å². The van der Waals surface area contributed by atoms with Gasteiger partial charge in [0.1, 0.15) is 0 Å². The molecule has 5 rings (SSSR count). The van der Waals surface area contributed by atoms with Crippen LogP contribution in [0.15, 0.2) is 58.2 Å². The minimum absolute atomic E-state index is 0.0710. The Morgan fingerprint density at radius 2 is 1.81 bits per heavy atom. The second kappa shape index (κ2) is 8.66. The highest BCUT2D eigenvalue weighted by molar-refractivity contribution is 7.99. The molecular formula is C23H23N5O3S. The first-order valence-corrected chi connectivity index (χ1v) is 11.3. The lowest BCUT2D eigenvalue weighted by Crippen LogP contribution is -2.05. The fourth-order valence-electron chi connectivity index (χ4n) is 3.40. The number of rotatable bonds is 7. The summed E-state index contributed by atoms with van der Waals surface area (Å²) in [6, 6.07) is 16.0. The number of aromatic nitrogens is 5. The molecule has 0 spiro atoms. The van der Waals surface area contributed by atoms with Gasteiger partial charge in [-0.3, -0.25) is 4.57 Å². The molecule has 0 fully saturated rings. The van der Waals surface area contributed by atoms with Crippen LogP contribution >= 0.6 is 11.8 Å². The van der Waals surface area contributed by atoms with E-state index in [9.17, 15) is 0 Å². The van der Waals surface area contributed by atoms with Gasteiger partial charge in [0.25, 0.3) is 0 Å². The molecule has 1 atom stereocenters. The summed E-state index contributed by atoms with van der Waals surface area (Å²) >= 11 is 1.55. The van der Waals surface area contributed by atoms with Crippen molar-refractivity contribution < 1.29 is 14.0 Å². The molecule has 0 radical (unpaired) electrons. The van der Waals surface area contributed by atoms with Crippen LogP contribution in [0.5, 0.6) is 11.5 Å². The van der Waals surface area contributed by atoms with Gasteiger partial charge in [-0.15, -0.1) is 10.2 Å². The van der Waals surface area contributed by atoms with E-state index in [1.807, 2.05) is 69.3 Å². The highest BCUT2D eigenvalue weighted by atomic mass is 32.2. The summed E-state index contributed by atoms with van der Waals surface area (Å²) in [5.41, 5.74) is 2.07. The molecule has 2 aromatic heterocycles. The van der Waals surface area contributed by atoms with E-state index in [4.69, 9.17) is 14.0 Å². The summed E-state index contributed by atoms with van der Waals surface area (Å²) in [5.74, 6) is 3.82. The lowest BCUT2D eigenvalue weighted by atomic mass is 10.2. The summed E-state index contributed by atoms with van der Waals surface area (Å²) in [7, 11) is 0. The van der Waals surface area contributed by atoms with Crippen molar-refractivity contribution in [2.75, 3.05) is 6.79 Å². The predicted molar refractivity (Wildman–Crippen MR) is 120 cm³/mol. The quantitative estimate of drug-likeness (QED) is 0.361. The first kappa shape index (κ1) is 20.6. The standard InChI is InChI=1S/C23H23N5O3S/c1-14(2)20-24-22(31-27-20)15(3)32-23-26-25-21(17-7-5-4-6-8-17)28(23)12-16-9-10-18-19(11-16)30-13-29-18/h4-11,14-15H,12-13H2,1-3H3/t15-/m0/s1. The van der Waals surface area contributed by atoms with E-state index in [-0.39, 0.29) is 18.0 Å².